The highest BCUT2D eigenvalue weighted by Crippen LogP contribution is 2.25. The standard InChI is InChI=1S/C8H15N.CH2/c1-3-8-4-2-6-9(5-1)7-8;/h8H,1-7H2;1H2. The van der Waals surface area contributed by atoms with Crippen molar-refractivity contribution in [3.05, 3.63) is 7.43 Å². The maximum Gasteiger partial charge on any atom is 0.000967 e. The molecule has 2 heterocycles. The Balaban J connectivity index is 0.000000500. The van der Waals surface area contributed by atoms with Crippen LogP contribution in [0, 0.1) is 13.3 Å². The molecule has 2 aliphatic heterocycles. The lowest BCUT2D eigenvalue weighted by molar-refractivity contribution is 0.124. The molecule has 0 spiro atoms. The van der Waals surface area contributed by atoms with Gasteiger partial charge in [-0.05, 0) is 44.7 Å². The predicted molar refractivity (Wildman–Crippen MR) is 43.8 cm³/mol. The van der Waals surface area contributed by atoms with Crippen LogP contribution in [0.3, 0.4) is 0 Å². The topological polar surface area (TPSA) is 3.24 Å². The Hall–Kier alpha value is -0.0400. The summed E-state index contributed by atoms with van der Waals surface area (Å²) in [5.74, 6) is 1.08. The minimum Gasteiger partial charge on any atom is -0.303 e. The van der Waals surface area contributed by atoms with Gasteiger partial charge in [-0.3, -0.25) is 0 Å². The van der Waals surface area contributed by atoms with E-state index in [-0.39, 0.29) is 7.43 Å². The first kappa shape index (κ1) is 8.06. The van der Waals surface area contributed by atoms with E-state index < -0.39 is 0 Å². The van der Waals surface area contributed by atoms with Gasteiger partial charge in [0.05, 0.1) is 0 Å². The van der Waals surface area contributed by atoms with Crippen LogP contribution in [0.25, 0.3) is 0 Å². The third kappa shape index (κ3) is 1.51. The van der Waals surface area contributed by atoms with Crippen molar-refractivity contribution in [2.75, 3.05) is 19.6 Å². The molecule has 0 atom stereocenters. The highest BCUT2D eigenvalue weighted by Gasteiger charge is 2.22. The van der Waals surface area contributed by atoms with Crippen molar-refractivity contribution in [1.29, 1.82) is 0 Å². The third-order valence-electron chi connectivity index (χ3n) is 2.69. The van der Waals surface area contributed by atoms with Crippen LogP contribution in [0.1, 0.15) is 25.7 Å². The van der Waals surface area contributed by atoms with Crippen molar-refractivity contribution in [3.63, 3.8) is 0 Å². The van der Waals surface area contributed by atoms with E-state index >= 15 is 0 Å². The summed E-state index contributed by atoms with van der Waals surface area (Å²) in [6.45, 7) is 4.19. The molecule has 2 rings (SSSR count). The van der Waals surface area contributed by atoms with Crippen LogP contribution in [-0.4, -0.2) is 24.5 Å². The maximum absolute atomic E-state index is 2.62. The lowest BCUT2D eigenvalue weighted by Crippen LogP contribution is -2.39. The van der Waals surface area contributed by atoms with Crippen molar-refractivity contribution >= 4 is 0 Å². The van der Waals surface area contributed by atoms with Crippen molar-refractivity contribution in [3.8, 4) is 0 Å². The van der Waals surface area contributed by atoms with E-state index in [2.05, 4.69) is 4.90 Å². The molecule has 0 unspecified atom stereocenters. The van der Waals surface area contributed by atoms with Crippen LogP contribution in [0.15, 0.2) is 0 Å². The highest BCUT2D eigenvalue weighted by atomic mass is 15.1. The first-order valence-electron chi connectivity index (χ1n) is 4.17. The van der Waals surface area contributed by atoms with Crippen molar-refractivity contribution < 1.29 is 0 Å². The van der Waals surface area contributed by atoms with Crippen LogP contribution < -0.4 is 0 Å². The Bertz CT molecular complexity index is 80.9. The number of fused-ring (bicyclic) bond motifs is 2. The van der Waals surface area contributed by atoms with E-state index in [0.29, 0.717) is 0 Å². The lowest BCUT2D eigenvalue weighted by atomic mass is 9.90. The molecule has 2 bridgehead atoms. The van der Waals surface area contributed by atoms with Gasteiger partial charge in [-0.25, -0.2) is 0 Å². The summed E-state index contributed by atoms with van der Waals surface area (Å²) in [6.07, 6.45) is 5.95. The zero-order valence-corrected chi connectivity index (χ0v) is 6.68. The van der Waals surface area contributed by atoms with Gasteiger partial charge in [-0.2, -0.15) is 0 Å². The van der Waals surface area contributed by atoms with Crippen LogP contribution in [-0.2, 0) is 0 Å². The van der Waals surface area contributed by atoms with Gasteiger partial charge in [0.15, 0.2) is 0 Å². The zero-order chi connectivity index (χ0) is 6.10. The molecule has 2 radical (unpaired) electrons. The summed E-state index contributed by atoms with van der Waals surface area (Å²) in [7, 11) is 0. The minimum absolute atomic E-state index is 0. The fourth-order valence-electron chi connectivity index (χ4n) is 2.19. The minimum atomic E-state index is 0. The molecule has 0 saturated carbocycles. The normalized spacial score (nSPS) is 38.4. The molecule has 2 aliphatic rings. The highest BCUT2D eigenvalue weighted by molar-refractivity contribution is 4.77. The SMILES string of the molecule is C1CC2CCCN(C1)C2.[CH2]. The Kier molecular flexibility index (Phi) is 2.72. The van der Waals surface area contributed by atoms with Crippen LogP contribution in [0.4, 0.5) is 0 Å². The third-order valence-corrected chi connectivity index (χ3v) is 2.69. The molecule has 10 heavy (non-hydrogen) atoms. The number of piperidine rings is 2. The average Bonchev–Trinajstić information content (AvgIpc) is 1.88. The summed E-state index contributed by atoms with van der Waals surface area (Å²) in [4.78, 5) is 2.62. The Morgan fingerprint density at radius 3 is 2.00 bits per heavy atom. The van der Waals surface area contributed by atoms with Crippen molar-refractivity contribution in [2.45, 2.75) is 25.7 Å². The quantitative estimate of drug-likeness (QED) is 0.495. The largest absolute Gasteiger partial charge is 0.303 e. The second-order valence-electron chi connectivity index (χ2n) is 3.45. The molecule has 0 aromatic heterocycles. The molecule has 1 heteroatoms. The molecule has 2 saturated heterocycles. The smallest absolute Gasteiger partial charge is 0.000967 e. The maximum atomic E-state index is 2.62. The summed E-state index contributed by atoms with van der Waals surface area (Å²) in [5.41, 5.74) is 0. The monoisotopic (exact) mass is 139 g/mol. The summed E-state index contributed by atoms with van der Waals surface area (Å²) >= 11 is 0. The first-order chi connectivity index (χ1) is 4.45. The zero-order valence-electron chi connectivity index (χ0n) is 6.68. The van der Waals surface area contributed by atoms with E-state index in [9.17, 15) is 0 Å². The molecule has 0 aromatic carbocycles. The van der Waals surface area contributed by atoms with Gasteiger partial charge >= 0.3 is 0 Å². The van der Waals surface area contributed by atoms with Gasteiger partial charge in [0.1, 0.15) is 0 Å². The molecular weight excluding hydrogens is 122 g/mol. The van der Waals surface area contributed by atoms with Gasteiger partial charge in [-0.1, -0.05) is 7.43 Å². The molecular formula is C9H17N. The number of rotatable bonds is 0. The molecule has 58 valence electrons. The molecule has 0 N–H and O–H groups in total. The van der Waals surface area contributed by atoms with Crippen LogP contribution in [0.5, 0.6) is 0 Å². The van der Waals surface area contributed by atoms with Gasteiger partial charge in [0, 0.05) is 6.54 Å². The number of hydrogen-bond donors (Lipinski definition) is 0. The summed E-state index contributed by atoms with van der Waals surface area (Å²) in [5, 5.41) is 0. The van der Waals surface area contributed by atoms with E-state index in [0.717, 1.165) is 5.92 Å². The average molecular weight is 139 g/mol. The van der Waals surface area contributed by atoms with E-state index in [1.807, 2.05) is 0 Å². The molecule has 2 fully saturated rings. The van der Waals surface area contributed by atoms with E-state index in [1.54, 1.807) is 0 Å². The Morgan fingerprint density at radius 1 is 1.00 bits per heavy atom. The number of nitrogens with zero attached hydrogens (tertiary/aromatic N) is 1. The van der Waals surface area contributed by atoms with Gasteiger partial charge in [-0.15, -0.1) is 0 Å². The molecule has 0 amide bonds. The fourth-order valence-corrected chi connectivity index (χ4v) is 2.19. The summed E-state index contributed by atoms with van der Waals surface area (Å²) in [6, 6.07) is 0. The van der Waals surface area contributed by atoms with Gasteiger partial charge in [0.2, 0.25) is 0 Å². The number of hydrogen-bond acceptors (Lipinski definition) is 1. The fraction of sp³-hybridized carbons (Fsp3) is 0.889. The molecule has 0 aromatic rings. The van der Waals surface area contributed by atoms with Crippen LogP contribution >= 0.6 is 0 Å². The summed E-state index contributed by atoms with van der Waals surface area (Å²) < 4.78 is 0. The Labute approximate surface area is 64.4 Å². The van der Waals surface area contributed by atoms with Crippen molar-refractivity contribution in [1.82, 2.24) is 4.90 Å². The van der Waals surface area contributed by atoms with Gasteiger partial charge < -0.3 is 4.90 Å². The van der Waals surface area contributed by atoms with E-state index in [4.69, 9.17) is 0 Å². The predicted octanol–water partition coefficient (Wildman–Crippen LogP) is 1.82. The van der Waals surface area contributed by atoms with Crippen LogP contribution in [0.2, 0.25) is 0 Å². The van der Waals surface area contributed by atoms with E-state index in [1.165, 1.54) is 45.3 Å². The first-order valence-corrected chi connectivity index (χ1v) is 4.17. The van der Waals surface area contributed by atoms with Crippen molar-refractivity contribution in [2.24, 2.45) is 5.92 Å². The second kappa shape index (κ2) is 3.38. The van der Waals surface area contributed by atoms with Gasteiger partial charge in [0.25, 0.3) is 0 Å². The molecule has 0 aliphatic carbocycles. The molecule has 1 nitrogen and oxygen atoms in total. The second-order valence-corrected chi connectivity index (χ2v) is 3.45. The lowest BCUT2D eigenvalue weighted by Gasteiger charge is -2.37. The Morgan fingerprint density at radius 2 is 1.60 bits per heavy atom.